The zero-order chi connectivity index (χ0) is 25.8. The number of urea groups is 1. The van der Waals surface area contributed by atoms with Gasteiger partial charge in [-0.25, -0.2) is 9.59 Å². The minimum Gasteiger partial charge on any atom is -0.467 e. The number of hydrogen-bond acceptors (Lipinski definition) is 5. The zero-order valence-electron chi connectivity index (χ0n) is 19.3. The van der Waals surface area contributed by atoms with Crippen molar-refractivity contribution in [1.29, 1.82) is 0 Å². The predicted octanol–water partition coefficient (Wildman–Crippen LogP) is 7.00. The molecule has 1 aliphatic carbocycles. The van der Waals surface area contributed by atoms with Gasteiger partial charge in [0, 0.05) is 9.86 Å². The lowest BCUT2D eigenvalue weighted by molar-refractivity contribution is -0.144. The average Bonchev–Trinajstić information content (AvgIpc) is 3.22. The predicted molar refractivity (Wildman–Crippen MR) is 143 cm³/mol. The van der Waals surface area contributed by atoms with Crippen molar-refractivity contribution in [3.63, 3.8) is 0 Å². The molecule has 190 valence electrons. The second kappa shape index (κ2) is 11.5. The van der Waals surface area contributed by atoms with Gasteiger partial charge in [-0.2, -0.15) is 0 Å². The maximum absolute atomic E-state index is 13.4. The molecule has 0 spiro atoms. The fraction of sp³-hybridized carbons (Fsp3) is 0.320. The Morgan fingerprint density at radius 2 is 1.69 bits per heavy atom. The highest BCUT2D eigenvalue weighted by atomic mass is 79.9. The van der Waals surface area contributed by atoms with Crippen LogP contribution in [0.5, 0.6) is 0 Å². The maximum Gasteiger partial charge on any atom is 0.328 e. The minimum absolute atomic E-state index is 0.0456. The number of carbonyl (C=O) groups excluding carboxylic acids is 3. The first kappa shape index (κ1) is 26.3. The third-order valence-electron chi connectivity index (χ3n) is 6.16. The van der Waals surface area contributed by atoms with Gasteiger partial charge in [-0.15, -0.1) is 0 Å². The molecule has 0 bridgehead atoms. The Balaban J connectivity index is 1.64. The van der Waals surface area contributed by atoms with Crippen molar-refractivity contribution >= 4 is 79.4 Å². The van der Waals surface area contributed by atoms with Crippen LogP contribution < -0.4 is 16.0 Å². The number of hydrogen-bond donors (Lipinski definition) is 3. The van der Waals surface area contributed by atoms with E-state index < -0.39 is 23.9 Å². The lowest BCUT2D eigenvalue weighted by Gasteiger charge is -2.28. The number of methoxy groups -OCH3 is 1. The molecular formula is C25H24BrCl2N3O5. The van der Waals surface area contributed by atoms with Crippen molar-refractivity contribution in [3.05, 3.63) is 56.7 Å². The van der Waals surface area contributed by atoms with E-state index in [2.05, 4.69) is 31.9 Å². The molecule has 1 atom stereocenters. The third-order valence-corrected chi connectivity index (χ3v) is 7.28. The number of fused-ring (bicyclic) bond motifs is 1. The van der Waals surface area contributed by atoms with E-state index in [0.717, 1.165) is 36.6 Å². The normalized spacial score (nSPS) is 14.8. The monoisotopic (exact) mass is 595 g/mol. The topological polar surface area (TPSA) is 110 Å². The molecule has 1 aromatic heterocycles. The van der Waals surface area contributed by atoms with Gasteiger partial charge >= 0.3 is 12.0 Å². The fourth-order valence-corrected chi connectivity index (χ4v) is 5.23. The van der Waals surface area contributed by atoms with Crippen molar-refractivity contribution < 1.29 is 23.5 Å². The second-order valence-electron chi connectivity index (χ2n) is 8.49. The van der Waals surface area contributed by atoms with Crippen LogP contribution in [0.15, 0.2) is 45.3 Å². The van der Waals surface area contributed by atoms with Gasteiger partial charge in [0.15, 0.2) is 0 Å². The summed E-state index contributed by atoms with van der Waals surface area (Å²) in [6.07, 6.45) is 4.66. The molecule has 11 heteroatoms. The van der Waals surface area contributed by atoms with Gasteiger partial charge in [0.2, 0.25) is 5.76 Å². The first-order valence-corrected chi connectivity index (χ1v) is 13.0. The molecule has 1 fully saturated rings. The molecule has 0 saturated heterocycles. The number of amides is 3. The van der Waals surface area contributed by atoms with Crippen LogP contribution in [-0.4, -0.2) is 31.1 Å². The van der Waals surface area contributed by atoms with Crippen molar-refractivity contribution in [1.82, 2.24) is 5.32 Å². The SMILES string of the molecule is COC(=O)[C@@H](NC(=O)c1oc2cc(Br)ccc2c1NC(=O)Nc1c(Cl)cccc1Cl)C1CCCCC1. The maximum atomic E-state index is 13.4. The number of anilines is 2. The molecule has 4 rings (SSSR count). The summed E-state index contributed by atoms with van der Waals surface area (Å²) in [6.45, 7) is 0. The van der Waals surface area contributed by atoms with Crippen molar-refractivity contribution in [2.75, 3.05) is 17.7 Å². The number of furan rings is 1. The van der Waals surface area contributed by atoms with Crippen LogP contribution >= 0.6 is 39.1 Å². The summed E-state index contributed by atoms with van der Waals surface area (Å²) in [4.78, 5) is 38.8. The van der Waals surface area contributed by atoms with Gasteiger partial charge in [-0.1, -0.05) is 64.5 Å². The minimum atomic E-state index is -0.827. The molecule has 2 aromatic carbocycles. The summed E-state index contributed by atoms with van der Waals surface area (Å²) in [5.41, 5.74) is 0.735. The summed E-state index contributed by atoms with van der Waals surface area (Å²) in [5.74, 6) is -1.35. The number of esters is 1. The van der Waals surface area contributed by atoms with Crippen LogP contribution in [0, 0.1) is 5.92 Å². The number of para-hydroxylation sites is 1. The molecule has 0 unspecified atom stereocenters. The Morgan fingerprint density at radius 1 is 1.03 bits per heavy atom. The summed E-state index contributed by atoms with van der Waals surface area (Å²) in [6, 6.07) is 8.47. The largest absolute Gasteiger partial charge is 0.467 e. The lowest BCUT2D eigenvalue weighted by Crippen LogP contribution is -2.47. The summed E-state index contributed by atoms with van der Waals surface area (Å²) in [5, 5.41) is 9.07. The summed E-state index contributed by atoms with van der Waals surface area (Å²) < 4.78 is 11.5. The molecule has 0 radical (unpaired) electrons. The Morgan fingerprint density at radius 3 is 2.36 bits per heavy atom. The van der Waals surface area contributed by atoms with Gasteiger partial charge in [0.1, 0.15) is 17.3 Å². The van der Waals surface area contributed by atoms with E-state index in [0.29, 0.717) is 11.0 Å². The summed E-state index contributed by atoms with van der Waals surface area (Å²) in [7, 11) is 1.29. The van der Waals surface area contributed by atoms with Crippen LogP contribution in [0.3, 0.4) is 0 Å². The molecule has 3 amide bonds. The quantitative estimate of drug-likeness (QED) is 0.265. The number of halogens is 3. The third kappa shape index (κ3) is 5.79. The van der Waals surface area contributed by atoms with Crippen molar-refractivity contribution in [2.24, 2.45) is 5.92 Å². The number of benzene rings is 2. The van der Waals surface area contributed by atoms with E-state index in [1.54, 1.807) is 36.4 Å². The number of carbonyl (C=O) groups is 3. The Bertz CT molecular complexity index is 1290. The van der Waals surface area contributed by atoms with Crippen LogP contribution in [0.4, 0.5) is 16.2 Å². The first-order chi connectivity index (χ1) is 17.3. The van der Waals surface area contributed by atoms with Crippen molar-refractivity contribution in [2.45, 2.75) is 38.1 Å². The highest BCUT2D eigenvalue weighted by Crippen LogP contribution is 2.35. The van der Waals surface area contributed by atoms with Crippen LogP contribution in [-0.2, 0) is 9.53 Å². The second-order valence-corrected chi connectivity index (χ2v) is 10.2. The van der Waals surface area contributed by atoms with Crippen LogP contribution in [0.2, 0.25) is 10.0 Å². The molecule has 0 aliphatic heterocycles. The van der Waals surface area contributed by atoms with E-state index in [4.69, 9.17) is 32.4 Å². The zero-order valence-corrected chi connectivity index (χ0v) is 22.4. The van der Waals surface area contributed by atoms with Crippen LogP contribution in [0.25, 0.3) is 11.0 Å². The van der Waals surface area contributed by atoms with Gasteiger partial charge < -0.3 is 25.1 Å². The average molecular weight is 597 g/mol. The van der Waals surface area contributed by atoms with E-state index in [1.165, 1.54) is 7.11 Å². The van der Waals surface area contributed by atoms with E-state index in [9.17, 15) is 14.4 Å². The molecule has 1 heterocycles. The first-order valence-electron chi connectivity index (χ1n) is 11.4. The van der Waals surface area contributed by atoms with Crippen LogP contribution in [0.1, 0.15) is 42.7 Å². The molecule has 1 saturated carbocycles. The fourth-order valence-electron chi connectivity index (χ4n) is 4.40. The van der Waals surface area contributed by atoms with Gasteiger partial charge in [-0.05, 0) is 49.1 Å². The van der Waals surface area contributed by atoms with E-state index in [-0.39, 0.29) is 33.1 Å². The molecular weight excluding hydrogens is 573 g/mol. The number of rotatable bonds is 6. The van der Waals surface area contributed by atoms with E-state index in [1.807, 2.05) is 0 Å². The van der Waals surface area contributed by atoms with Gasteiger partial charge in [-0.3, -0.25) is 4.79 Å². The highest BCUT2D eigenvalue weighted by molar-refractivity contribution is 9.10. The smallest absolute Gasteiger partial charge is 0.328 e. The lowest BCUT2D eigenvalue weighted by atomic mass is 9.84. The van der Waals surface area contributed by atoms with Gasteiger partial charge in [0.25, 0.3) is 5.91 Å². The molecule has 8 nitrogen and oxygen atoms in total. The highest BCUT2D eigenvalue weighted by Gasteiger charge is 2.34. The molecule has 3 N–H and O–H groups in total. The van der Waals surface area contributed by atoms with Gasteiger partial charge in [0.05, 0.1) is 22.8 Å². The Labute approximate surface area is 226 Å². The molecule has 1 aliphatic rings. The van der Waals surface area contributed by atoms with E-state index >= 15 is 0 Å². The Kier molecular flexibility index (Phi) is 8.43. The molecule has 3 aromatic rings. The number of nitrogens with one attached hydrogen (secondary N) is 3. The van der Waals surface area contributed by atoms with Crippen molar-refractivity contribution in [3.8, 4) is 0 Å². The molecule has 36 heavy (non-hydrogen) atoms. The standard InChI is InChI=1S/C25H24BrCl2N3O5/c1-35-24(33)19(13-6-3-2-4-7-13)29-23(32)22-20(15-11-10-14(26)12-18(15)36-22)30-25(34)31-21-16(27)8-5-9-17(21)28/h5,8-13,19H,2-4,6-7H2,1H3,(H,29,32)(H2,30,31,34)/t19-/m0/s1. The summed E-state index contributed by atoms with van der Waals surface area (Å²) >= 11 is 15.7. The number of ether oxygens (including phenoxy) is 1. The Hall–Kier alpha value is -2.75.